The lowest BCUT2D eigenvalue weighted by Crippen LogP contribution is -2.13. The highest BCUT2D eigenvalue weighted by atomic mass is 79.9. The van der Waals surface area contributed by atoms with Crippen LogP contribution in [0.3, 0.4) is 0 Å². The maximum absolute atomic E-state index is 12.5. The average Bonchev–Trinajstić information content (AvgIpc) is 3.09. The number of aryl methyl sites for hydroxylation is 1. The van der Waals surface area contributed by atoms with Crippen LogP contribution in [-0.4, -0.2) is 18.2 Å². The Morgan fingerprint density at radius 1 is 1.20 bits per heavy atom. The highest BCUT2D eigenvalue weighted by molar-refractivity contribution is 9.10. The van der Waals surface area contributed by atoms with Gasteiger partial charge in [0, 0.05) is 4.47 Å². The minimum absolute atomic E-state index is 0.178. The number of hydrogen-bond donors (Lipinski definition) is 1. The van der Waals surface area contributed by atoms with Crippen molar-refractivity contribution >= 4 is 54.6 Å². The van der Waals surface area contributed by atoms with Gasteiger partial charge in [-0.3, -0.25) is 9.40 Å². The first kappa shape index (κ1) is 18.4. The van der Waals surface area contributed by atoms with Gasteiger partial charge in [-0.15, -0.1) is 11.3 Å². The Balaban J connectivity index is 1.88. The third-order valence-corrected chi connectivity index (χ3v) is 7.28. The Labute approximate surface area is 163 Å². The summed E-state index contributed by atoms with van der Waals surface area (Å²) in [4.78, 5) is 0. The lowest BCUT2D eigenvalue weighted by Gasteiger charge is -2.08. The van der Waals surface area contributed by atoms with Crippen molar-refractivity contribution in [3.8, 4) is 0 Å². The van der Waals surface area contributed by atoms with Gasteiger partial charge in [0.15, 0.2) is 0 Å². The molecule has 0 fully saturated rings. The first-order chi connectivity index (χ1) is 11.8. The van der Waals surface area contributed by atoms with Crippen molar-refractivity contribution in [2.75, 3.05) is 4.72 Å². The van der Waals surface area contributed by atoms with Gasteiger partial charge in [0.2, 0.25) is 0 Å². The quantitative estimate of drug-likeness (QED) is 0.593. The van der Waals surface area contributed by atoms with Crippen molar-refractivity contribution in [3.63, 3.8) is 0 Å². The van der Waals surface area contributed by atoms with E-state index in [2.05, 4.69) is 25.8 Å². The number of nitrogens with one attached hydrogen (secondary N) is 1. The fourth-order valence-corrected chi connectivity index (χ4v) is 5.31. The number of rotatable bonds is 5. The lowest BCUT2D eigenvalue weighted by atomic mass is 10.2. The van der Waals surface area contributed by atoms with Crippen LogP contribution in [0.2, 0.25) is 4.34 Å². The predicted molar refractivity (Wildman–Crippen MR) is 105 cm³/mol. The third-order valence-electron chi connectivity index (χ3n) is 3.68. The standard InChI is InChI=1S/C16H15BrClN3O2S2/c1-10-16(20-25(22,23)15-8-7-14(18)24-15)11(2)21(19-10)9-12-3-5-13(17)6-4-12/h3-8,20H,9H2,1-2H3. The van der Waals surface area contributed by atoms with Crippen LogP contribution in [0.1, 0.15) is 17.0 Å². The molecule has 0 aliphatic carbocycles. The van der Waals surface area contributed by atoms with E-state index in [1.165, 1.54) is 6.07 Å². The van der Waals surface area contributed by atoms with E-state index in [0.717, 1.165) is 27.1 Å². The Hall–Kier alpha value is -1.35. The SMILES string of the molecule is Cc1nn(Cc2ccc(Br)cc2)c(C)c1NS(=O)(=O)c1ccc(Cl)s1. The molecule has 3 rings (SSSR count). The molecule has 2 aromatic heterocycles. The van der Waals surface area contributed by atoms with E-state index < -0.39 is 10.0 Å². The number of hydrogen-bond acceptors (Lipinski definition) is 4. The van der Waals surface area contributed by atoms with Crippen molar-refractivity contribution in [1.29, 1.82) is 0 Å². The molecule has 25 heavy (non-hydrogen) atoms. The summed E-state index contributed by atoms with van der Waals surface area (Å²) < 4.78 is 31.1. The summed E-state index contributed by atoms with van der Waals surface area (Å²) in [7, 11) is -3.68. The molecule has 0 aliphatic heterocycles. The summed E-state index contributed by atoms with van der Waals surface area (Å²) in [5.74, 6) is 0. The van der Waals surface area contributed by atoms with E-state index in [-0.39, 0.29) is 4.21 Å². The monoisotopic (exact) mass is 459 g/mol. The molecule has 1 N–H and O–H groups in total. The van der Waals surface area contributed by atoms with Crippen LogP contribution >= 0.6 is 38.9 Å². The number of nitrogens with zero attached hydrogens (tertiary/aromatic N) is 2. The molecule has 0 radical (unpaired) electrons. The van der Waals surface area contributed by atoms with E-state index in [1.54, 1.807) is 17.7 Å². The molecule has 0 unspecified atom stereocenters. The van der Waals surface area contributed by atoms with E-state index in [4.69, 9.17) is 11.6 Å². The minimum atomic E-state index is -3.68. The van der Waals surface area contributed by atoms with E-state index in [1.807, 2.05) is 31.2 Å². The van der Waals surface area contributed by atoms with Crippen LogP contribution in [0.15, 0.2) is 45.1 Å². The average molecular weight is 461 g/mol. The van der Waals surface area contributed by atoms with Crippen LogP contribution in [0.4, 0.5) is 5.69 Å². The Morgan fingerprint density at radius 2 is 1.88 bits per heavy atom. The first-order valence-corrected chi connectivity index (χ1v) is 10.8. The molecule has 3 aromatic rings. The second kappa shape index (κ2) is 7.11. The molecule has 0 bridgehead atoms. The summed E-state index contributed by atoms with van der Waals surface area (Å²) in [5, 5.41) is 4.47. The van der Waals surface area contributed by atoms with E-state index in [0.29, 0.717) is 22.3 Å². The summed E-state index contributed by atoms with van der Waals surface area (Å²) in [6.45, 7) is 4.19. The maximum Gasteiger partial charge on any atom is 0.271 e. The van der Waals surface area contributed by atoms with Crippen LogP contribution in [-0.2, 0) is 16.6 Å². The van der Waals surface area contributed by atoms with Crippen LogP contribution in [0.5, 0.6) is 0 Å². The minimum Gasteiger partial charge on any atom is -0.275 e. The fourth-order valence-electron chi connectivity index (χ4n) is 2.39. The molecule has 0 saturated heterocycles. The number of sulfonamides is 1. The number of aromatic nitrogens is 2. The van der Waals surface area contributed by atoms with Gasteiger partial charge in [0.25, 0.3) is 10.0 Å². The Kier molecular flexibility index (Phi) is 5.24. The van der Waals surface area contributed by atoms with Gasteiger partial charge in [0.05, 0.1) is 28.0 Å². The predicted octanol–water partition coefficient (Wildman–Crippen LogP) is 4.83. The molecular formula is C16H15BrClN3O2S2. The van der Waals surface area contributed by atoms with Gasteiger partial charge in [-0.2, -0.15) is 5.10 Å². The molecule has 9 heteroatoms. The van der Waals surface area contributed by atoms with Crippen LogP contribution in [0.25, 0.3) is 0 Å². The van der Waals surface area contributed by atoms with E-state index >= 15 is 0 Å². The lowest BCUT2D eigenvalue weighted by molar-refractivity contribution is 0.603. The van der Waals surface area contributed by atoms with Crippen LogP contribution in [0, 0.1) is 13.8 Å². The van der Waals surface area contributed by atoms with Gasteiger partial charge in [-0.05, 0) is 43.7 Å². The van der Waals surface area contributed by atoms with Crippen molar-refractivity contribution < 1.29 is 8.42 Å². The fraction of sp³-hybridized carbons (Fsp3) is 0.188. The second-order valence-electron chi connectivity index (χ2n) is 5.49. The van der Waals surface area contributed by atoms with Gasteiger partial charge in [-0.25, -0.2) is 8.42 Å². The smallest absolute Gasteiger partial charge is 0.271 e. The second-order valence-corrected chi connectivity index (χ2v) is 10.0. The van der Waals surface area contributed by atoms with Gasteiger partial charge >= 0.3 is 0 Å². The van der Waals surface area contributed by atoms with Gasteiger partial charge in [-0.1, -0.05) is 39.7 Å². The molecule has 0 amide bonds. The Morgan fingerprint density at radius 3 is 2.48 bits per heavy atom. The molecule has 0 atom stereocenters. The molecule has 5 nitrogen and oxygen atoms in total. The molecule has 132 valence electrons. The zero-order chi connectivity index (χ0) is 18.2. The largest absolute Gasteiger partial charge is 0.275 e. The van der Waals surface area contributed by atoms with Crippen LogP contribution < -0.4 is 4.72 Å². The summed E-state index contributed by atoms with van der Waals surface area (Å²) in [6, 6.07) is 11.0. The summed E-state index contributed by atoms with van der Waals surface area (Å²) in [5.41, 5.74) is 2.96. The van der Waals surface area contributed by atoms with Gasteiger partial charge in [0.1, 0.15) is 4.21 Å². The van der Waals surface area contributed by atoms with Gasteiger partial charge < -0.3 is 0 Å². The molecule has 1 aromatic carbocycles. The van der Waals surface area contributed by atoms with Crippen molar-refractivity contribution in [2.24, 2.45) is 0 Å². The number of thiophene rings is 1. The number of anilines is 1. The highest BCUT2D eigenvalue weighted by Crippen LogP contribution is 2.29. The van der Waals surface area contributed by atoms with E-state index in [9.17, 15) is 8.42 Å². The van der Waals surface area contributed by atoms with Crippen molar-refractivity contribution in [1.82, 2.24) is 9.78 Å². The molecule has 0 spiro atoms. The Bertz CT molecular complexity index is 1010. The summed E-state index contributed by atoms with van der Waals surface area (Å²) in [6.07, 6.45) is 0. The van der Waals surface area contributed by atoms with Crippen molar-refractivity contribution in [3.05, 3.63) is 62.2 Å². The molecule has 2 heterocycles. The molecule has 0 saturated carbocycles. The summed E-state index contributed by atoms with van der Waals surface area (Å²) >= 11 is 10.3. The number of benzene rings is 1. The zero-order valence-electron chi connectivity index (χ0n) is 13.5. The third kappa shape index (κ3) is 4.08. The zero-order valence-corrected chi connectivity index (χ0v) is 17.4. The topological polar surface area (TPSA) is 64.0 Å². The number of halogens is 2. The van der Waals surface area contributed by atoms with Crippen molar-refractivity contribution in [2.45, 2.75) is 24.6 Å². The normalized spacial score (nSPS) is 11.7. The molecule has 0 aliphatic rings. The highest BCUT2D eigenvalue weighted by Gasteiger charge is 2.21. The molecular weight excluding hydrogens is 446 g/mol. The maximum atomic E-state index is 12.5. The first-order valence-electron chi connectivity index (χ1n) is 7.33.